The van der Waals surface area contributed by atoms with E-state index in [0.717, 1.165) is 11.1 Å². The highest BCUT2D eigenvalue weighted by molar-refractivity contribution is 5.77. The number of amides is 1. The molecule has 1 amide bonds. The first-order valence-electron chi connectivity index (χ1n) is 11.9. The fourth-order valence-corrected chi connectivity index (χ4v) is 3.61. The number of ether oxygens (including phenoxy) is 4. The molecule has 0 saturated heterocycles. The molecule has 198 valence electrons. The average molecular weight is 503 g/mol. The predicted molar refractivity (Wildman–Crippen MR) is 136 cm³/mol. The Bertz CT molecular complexity index is 976. The van der Waals surface area contributed by atoms with E-state index >= 15 is 0 Å². The minimum Gasteiger partial charge on any atom is -0.493 e. The van der Waals surface area contributed by atoms with Crippen molar-refractivity contribution in [3.05, 3.63) is 59.7 Å². The molecule has 9 heteroatoms. The van der Waals surface area contributed by atoms with Crippen molar-refractivity contribution < 1.29 is 33.6 Å². The summed E-state index contributed by atoms with van der Waals surface area (Å²) in [6.07, 6.45) is -1.74. The van der Waals surface area contributed by atoms with Gasteiger partial charge in [-0.05, 0) is 57.4 Å². The number of aliphatic hydroxyl groups is 1. The predicted octanol–water partition coefficient (Wildman–Crippen LogP) is 3.22. The van der Waals surface area contributed by atoms with Crippen molar-refractivity contribution in [2.24, 2.45) is 0 Å². The number of carbonyl (C=O) groups excluding carboxylic acids is 2. The Morgan fingerprint density at radius 3 is 2.22 bits per heavy atom. The maximum atomic E-state index is 12.9. The summed E-state index contributed by atoms with van der Waals surface area (Å²) in [5.41, 5.74) is 0.951. The SMILES string of the molecule is CCOC(=O)[C@H](NCc1ccc(OC)c(OC)c1)[C@@H](O)[C@H](Cc1ccccc1)NC(=O)OC(C)(C)C. The molecule has 0 saturated carbocycles. The lowest BCUT2D eigenvalue weighted by Crippen LogP contribution is -2.57. The summed E-state index contributed by atoms with van der Waals surface area (Å²) < 4.78 is 21.3. The van der Waals surface area contributed by atoms with E-state index in [9.17, 15) is 14.7 Å². The maximum Gasteiger partial charge on any atom is 0.407 e. The van der Waals surface area contributed by atoms with Gasteiger partial charge in [-0.3, -0.25) is 10.1 Å². The first-order chi connectivity index (χ1) is 17.1. The van der Waals surface area contributed by atoms with E-state index in [2.05, 4.69) is 10.6 Å². The van der Waals surface area contributed by atoms with Crippen LogP contribution in [0.15, 0.2) is 48.5 Å². The molecule has 2 aromatic carbocycles. The standard InChI is InChI=1S/C27H38N2O7/c1-7-35-25(31)23(28-17-19-13-14-21(33-5)22(16-19)34-6)24(30)20(15-18-11-9-8-10-12-18)29-26(32)36-27(2,3)4/h8-14,16,20,23-24,28,30H,7,15,17H2,1-6H3,(H,29,32)/t20-,23+,24-/m0/s1. The molecular weight excluding hydrogens is 464 g/mol. The summed E-state index contributed by atoms with van der Waals surface area (Å²) >= 11 is 0. The normalized spacial score (nSPS) is 13.8. The molecule has 3 atom stereocenters. The van der Waals surface area contributed by atoms with Crippen molar-refractivity contribution in [2.75, 3.05) is 20.8 Å². The number of methoxy groups -OCH3 is 2. The number of hydrogen-bond donors (Lipinski definition) is 3. The maximum absolute atomic E-state index is 12.9. The Morgan fingerprint density at radius 1 is 0.972 bits per heavy atom. The minimum atomic E-state index is -1.32. The molecule has 0 aliphatic rings. The monoisotopic (exact) mass is 502 g/mol. The summed E-state index contributed by atoms with van der Waals surface area (Å²) in [4.78, 5) is 25.5. The second-order valence-corrected chi connectivity index (χ2v) is 9.23. The molecule has 36 heavy (non-hydrogen) atoms. The van der Waals surface area contributed by atoms with Gasteiger partial charge in [0, 0.05) is 6.54 Å². The van der Waals surface area contributed by atoms with Crippen LogP contribution in [-0.4, -0.2) is 61.8 Å². The third-order valence-corrected chi connectivity index (χ3v) is 5.27. The van der Waals surface area contributed by atoms with E-state index in [4.69, 9.17) is 18.9 Å². The van der Waals surface area contributed by atoms with Crippen LogP contribution in [0.1, 0.15) is 38.8 Å². The van der Waals surface area contributed by atoms with Crippen molar-refractivity contribution in [1.82, 2.24) is 10.6 Å². The highest BCUT2D eigenvalue weighted by atomic mass is 16.6. The Morgan fingerprint density at radius 2 is 1.64 bits per heavy atom. The summed E-state index contributed by atoms with van der Waals surface area (Å²) in [5, 5.41) is 17.2. The highest BCUT2D eigenvalue weighted by Gasteiger charge is 2.35. The minimum absolute atomic E-state index is 0.142. The first-order valence-corrected chi connectivity index (χ1v) is 11.9. The van der Waals surface area contributed by atoms with E-state index in [-0.39, 0.29) is 19.6 Å². The van der Waals surface area contributed by atoms with Crippen molar-refractivity contribution in [2.45, 2.75) is 64.4 Å². The van der Waals surface area contributed by atoms with Crippen LogP contribution in [0, 0.1) is 0 Å². The van der Waals surface area contributed by atoms with E-state index in [1.807, 2.05) is 36.4 Å². The van der Waals surface area contributed by atoms with Crippen LogP contribution in [-0.2, 0) is 27.2 Å². The third-order valence-electron chi connectivity index (χ3n) is 5.27. The second kappa shape index (κ2) is 13.7. The number of alkyl carbamates (subject to hydrolysis) is 1. The molecule has 9 nitrogen and oxygen atoms in total. The molecule has 0 unspecified atom stereocenters. The van der Waals surface area contributed by atoms with Crippen LogP contribution in [0.5, 0.6) is 11.5 Å². The van der Waals surface area contributed by atoms with Gasteiger partial charge in [0.2, 0.25) is 0 Å². The molecule has 0 fully saturated rings. The molecule has 0 aliphatic carbocycles. The van der Waals surface area contributed by atoms with Gasteiger partial charge < -0.3 is 29.4 Å². The molecule has 0 aliphatic heterocycles. The second-order valence-electron chi connectivity index (χ2n) is 9.23. The molecule has 0 aromatic heterocycles. The van der Waals surface area contributed by atoms with Crippen LogP contribution in [0.4, 0.5) is 4.79 Å². The van der Waals surface area contributed by atoms with E-state index in [1.165, 1.54) is 7.11 Å². The summed E-state index contributed by atoms with van der Waals surface area (Å²) in [7, 11) is 3.09. The summed E-state index contributed by atoms with van der Waals surface area (Å²) in [6.45, 7) is 7.31. The van der Waals surface area contributed by atoms with Crippen LogP contribution >= 0.6 is 0 Å². The quantitative estimate of drug-likeness (QED) is 0.379. The molecule has 0 heterocycles. The van der Waals surface area contributed by atoms with Crippen LogP contribution in [0.3, 0.4) is 0 Å². The third kappa shape index (κ3) is 9.05. The lowest BCUT2D eigenvalue weighted by molar-refractivity contribution is -0.149. The molecule has 0 radical (unpaired) electrons. The molecule has 2 rings (SSSR count). The van der Waals surface area contributed by atoms with Gasteiger partial charge in [-0.1, -0.05) is 36.4 Å². The number of esters is 1. The Kier molecular flexibility index (Phi) is 11.0. The van der Waals surface area contributed by atoms with Gasteiger partial charge in [0.1, 0.15) is 17.7 Å². The summed E-state index contributed by atoms with van der Waals surface area (Å²) in [5.74, 6) is 0.487. The fraction of sp³-hybridized carbons (Fsp3) is 0.481. The van der Waals surface area contributed by atoms with Crippen LogP contribution in [0.2, 0.25) is 0 Å². The lowest BCUT2D eigenvalue weighted by Gasteiger charge is -2.31. The topological polar surface area (TPSA) is 115 Å². The number of rotatable bonds is 12. The molecule has 0 bridgehead atoms. The number of benzene rings is 2. The number of nitrogens with one attached hydrogen (secondary N) is 2. The van der Waals surface area contributed by atoms with Gasteiger partial charge in [-0.25, -0.2) is 4.79 Å². The smallest absolute Gasteiger partial charge is 0.407 e. The molecule has 0 spiro atoms. The Balaban J connectivity index is 2.28. The zero-order valence-electron chi connectivity index (χ0n) is 21.9. The zero-order valence-corrected chi connectivity index (χ0v) is 21.9. The Hall–Kier alpha value is -3.30. The Labute approximate surface area is 213 Å². The highest BCUT2D eigenvalue weighted by Crippen LogP contribution is 2.27. The lowest BCUT2D eigenvalue weighted by atomic mass is 9.96. The molecular formula is C27H38N2O7. The largest absolute Gasteiger partial charge is 0.493 e. The first kappa shape index (κ1) is 28.9. The zero-order chi connectivity index (χ0) is 26.7. The van der Waals surface area contributed by atoms with E-state index in [1.54, 1.807) is 46.9 Å². The van der Waals surface area contributed by atoms with Gasteiger partial charge in [0.15, 0.2) is 11.5 Å². The van der Waals surface area contributed by atoms with Gasteiger partial charge in [-0.2, -0.15) is 0 Å². The fourth-order valence-electron chi connectivity index (χ4n) is 3.61. The molecule has 2 aromatic rings. The van der Waals surface area contributed by atoms with Crippen LogP contribution in [0.25, 0.3) is 0 Å². The average Bonchev–Trinajstić information content (AvgIpc) is 2.83. The number of aliphatic hydroxyl groups excluding tert-OH is 1. The van der Waals surface area contributed by atoms with Crippen molar-refractivity contribution in [3.8, 4) is 11.5 Å². The number of hydrogen-bond acceptors (Lipinski definition) is 8. The van der Waals surface area contributed by atoms with Crippen molar-refractivity contribution in [3.63, 3.8) is 0 Å². The van der Waals surface area contributed by atoms with Crippen LogP contribution < -0.4 is 20.1 Å². The van der Waals surface area contributed by atoms with Crippen molar-refractivity contribution >= 4 is 12.1 Å². The van der Waals surface area contributed by atoms with Gasteiger partial charge >= 0.3 is 12.1 Å². The van der Waals surface area contributed by atoms with Gasteiger partial charge in [0.25, 0.3) is 0 Å². The van der Waals surface area contributed by atoms with Crippen molar-refractivity contribution in [1.29, 1.82) is 0 Å². The van der Waals surface area contributed by atoms with Gasteiger partial charge in [-0.15, -0.1) is 0 Å². The number of carbonyl (C=O) groups is 2. The molecule has 3 N–H and O–H groups in total. The van der Waals surface area contributed by atoms with E-state index < -0.39 is 35.9 Å². The van der Waals surface area contributed by atoms with E-state index in [0.29, 0.717) is 11.5 Å². The summed E-state index contributed by atoms with van der Waals surface area (Å²) in [6, 6.07) is 12.8. The van der Waals surface area contributed by atoms with Gasteiger partial charge in [0.05, 0.1) is 26.9 Å².